The number of carbonyl (C=O) groups is 1. The van der Waals surface area contributed by atoms with Crippen LogP contribution >= 0.6 is 15.9 Å². The molecule has 1 N–H and O–H groups in total. The number of benzene rings is 1. The Hall–Kier alpha value is -1.31. The smallest absolute Gasteiger partial charge is 0.297 e. The molecule has 3 nitrogen and oxygen atoms in total. The molecule has 1 aromatic carbocycles. The van der Waals surface area contributed by atoms with Crippen molar-refractivity contribution in [2.24, 2.45) is 0 Å². The first-order valence-electron chi connectivity index (χ1n) is 6.41. The highest BCUT2D eigenvalue weighted by atomic mass is 79.9. The number of carbonyl (C=O) groups excluding carboxylic acids is 1. The van der Waals surface area contributed by atoms with Gasteiger partial charge in [-0.3, -0.25) is 9.69 Å². The largest absolute Gasteiger partial charge is 0.341 e. The Morgan fingerprint density at radius 3 is 2.89 bits per heavy atom. The van der Waals surface area contributed by atoms with E-state index in [0.29, 0.717) is 6.04 Å². The van der Waals surface area contributed by atoms with Crippen LogP contribution in [0.5, 0.6) is 0 Å². The second kappa shape index (κ2) is 6.74. The third-order valence-corrected chi connectivity index (χ3v) is 3.79. The predicted octanol–water partition coefficient (Wildman–Crippen LogP) is 2.12. The monoisotopic (exact) mass is 320 g/mol. The maximum absolute atomic E-state index is 11.5. The quantitative estimate of drug-likeness (QED) is 0.865. The van der Waals surface area contributed by atoms with Crippen molar-refractivity contribution in [3.63, 3.8) is 0 Å². The Morgan fingerprint density at radius 1 is 1.47 bits per heavy atom. The van der Waals surface area contributed by atoms with Gasteiger partial charge in [0.15, 0.2) is 0 Å². The summed E-state index contributed by atoms with van der Waals surface area (Å²) in [5, 5.41) is 2.96. The van der Waals surface area contributed by atoms with Gasteiger partial charge in [0, 0.05) is 47.0 Å². The lowest BCUT2D eigenvalue weighted by molar-refractivity contribution is -0.116. The van der Waals surface area contributed by atoms with Gasteiger partial charge in [0.1, 0.15) is 0 Å². The number of nitrogens with one attached hydrogen (secondary N) is 1. The van der Waals surface area contributed by atoms with Crippen LogP contribution in [-0.2, 0) is 11.3 Å². The van der Waals surface area contributed by atoms with Crippen LogP contribution in [0.3, 0.4) is 0 Å². The molecule has 0 aromatic heterocycles. The molecule has 2 unspecified atom stereocenters. The summed E-state index contributed by atoms with van der Waals surface area (Å²) in [6.45, 7) is 4.09. The lowest BCUT2D eigenvalue weighted by atomic mass is 10.1. The van der Waals surface area contributed by atoms with Crippen LogP contribution in [0.1, 0.15) is 18.9 Å². The molecule has 0 radical (unpaired) electrons. The molecule has 4 heteroatoms. The van der Waals surface area contributed by atoms with Gasteiger partial charge in [-0.15, -0.1) is 0 Å². The maximum Gasteiger partial charge on any atom is 0.297 e. The van der Waals surface area contributed by atoms with Gasteiger partial charge < -0.3 is 5.32 Å². The summed E-state index contributed by atoms with van der Waals surface area (Å²) in [5.41, 5.74) is 1.31. The van der Waals surface area contributed by atoms with E-state index < -0.39 is 0 Å². The van der Waals surface area contributed by atoms with E-state index in [-0.39, 0.29) is 11.9 Å². The third-order valence-electron chi connectivity index (χ3n) is 3.59. The highest BCUT2D eigenvalue weighted by molar-refractivity contribution is 9.12. The molecule has 2 atom stereocenters. The number of rotatable bonds is 3. The molecule has 1 saturated heterocycles. The Kier molecular flexibility index (Phi) is 5.00. The van der Waals surface area contributed by atoms with Gasteiger partial charge in [-0.05, 0) is 23.7 Å². The number of amides is 1. The Labute approximate surface area is 122 Å². The summed E-state index contributed by atoms with van der Waals surface area (Å²) in [6, 6.07) is 10.9. The molecule has 1 aliphatic heterocycles. The minimum atomic E-state index is -0.213. The van der Waals surface area contributed by atoms with E-state index in [9.17, 15) is 4.79 Å². The molecular weight excluding hydrogens is 304 g/mol. The summed E-state index contributed by atoms with van der Waals surface area (Å²) in [7, 11) is 0. The van der Waals surface area contributed by atoms with Crippen LogP contribution in [0.2, 0.25) is 0 Å². The van der Waals surface area contributed by atoms with Gasteiger partial charge in [0.2, 0.25) is 0 Å². The highest BCUT2D eigenvalue weighted by Crippen LogP contribution is 2.20. The van der Waals surface area contributed by atoms with Crippen LogP contribution in [0.25, 0.3) is 0 Å². The molecule has 1 heterocycles. The first kappa shape index (κ1) is 14.1. The molecule has 0 bridgehead atoms. The SMILES string of the molecule is CC1C(NC(=O)C#CBr)CCN1Cc1ccccc1. The van der Waals surface area contributed by atoms with Gasteiger partial charge in [-0.2, -0.15) is 0 Å². The average Bonchev–Trinajstić information content (AvgIpc) is 2.73. The van der Waals surface area contributed by atoms with E-state index in [2.05, 4.69) is 68.1 Å². The van der Waals surface area contributed by atoms with Crippen LogP contribution in [0.15, 0.2) is 30.3 Å². The van der Waals surface area contributed by atoms with Gasteiger partial charge in [0.25, 0.3) is 5.91 Å². The molecule has 19 heavy (non-hydrogen) atoms. The van der Waals surface area contributed by atoms with Crippen LogP contribution in [-0.4, -0.2) is 29.4 Å². The van der Waals surface area contributed by atoms with E-state index in [0.717, 1.165) is 19.5 Å². The molecule has 100 valence electrons. The van der Waals surface area contributed by atoms with Crippen molar-refractivity contribution in [2.75, 3.05) is 6.54 Å². The van der Waals surface area contributed by atoms with Crippen molar-refractivity contribution >= 4 is 21.8 Å². The third kappa shape index (κ3) is 3.82. The number of likely N-dealkylation sites (tertiary alicyclic amines) is 1. The lowest BCUT2D eigenvalue weighted by Crippen LogP contribution is -2.42. The summed E-state index contributed by atoms with van der Waals surface area (Å²) in [4.78, 5) is 16.3. The van der Waals surface area contributed by atoms with Crippen molar-refractivity contribution < 1.29 is 4.79 Å². The summed E-state index contributed by atoms with van der Waals surface area (Å²) in [6.07, 6.45) is 0.976. The topological polar surface area (TPSA) is 32.3 Å². The molecule has 1 aliphatic rings. The summed E-state index contributed by atoms with van der Waals surface area (Å²) >= 11 is 2.94. The van der Waals surface area contributed by atoms with Gasteiger partial charge in [-0.1, -0.05) is 30.3 Å². The number of nitrogens with zero attached hydrogens (tertiary/aromatic N) is 1. The van der Waals surface area contributed by atoms with Crippen molar-refractivity contribution in [1.82, 2.24) is 10.2 Å². The maximum atomic E-state index is 11.5. The molecule has 1 fully saturated rings. The van der Waals surface area contributed by atoms with E-state index in [1.807, 2.05) is 6.07 Å². The second-order valence-electron chi connectivity index (χ2n) is 4.78. The first-order chi connectivity index (χ1) is 9.20. The first-order valence-corrected chi connectivity index (χ1v) is 7.20. The summed E-state index contributed by atoms with van der Waals surface area (Å²) < 4.78 is 0. The molecule has 0 saturated carbocycles. The molecule has 1 aromatic rings. The molecular formula is C15H17BrN2O. The number of hydrogen-bond donors (Lipinski definition) is 1. The molecule has 0 spiro atoms. The zero-order valence-electron chi connectivity index (χ0n) is 10.9. The zero-order chi connectivity index (χ0) is 13.7. The van der Waals surface area contributed by atoms with Gasteiger partial charge in [0.05, 0.1) is 0 Å². The van der Waals surface area contributed by atoms with E-state index in [1.54, 1.807) is 0 Å². The van der Waals surface area contributed by atoms with Crippen molar-refractivity contribution in [3.8, 4) is 10.8 Å². The lowest BCUT2D eigenvalue weighted by Gasteiger charge is -2.24. The van der Waals surface area contributed by atoms with Crippen molar-refractivity contribution in [2.45, 2.75) is 32.0 Å². The van der Waals surface area contributed by atoms with E-state index >= 15 is 0 Å². The number of halogens is 1. The zero-order valence-corrected chi connectivity index (χ0v) is 12.5. The molecule has 1 amide bonds. The summed E-state index contributed by atoms with van der Waals surface area (Å²) in [5.74, 6) is 2.24. The van der Waals surface area contributed by atoms with Crippen LogP contribution in [0.4, 0.5) is 0 Å². The number of hydrogen-bond acceptors (Lipinski definition) is 2. The fraction of sp³-hybridized carbons (Fsp3) is 0.400. The highest BCUT2D eigenvalue weighted by Gasteiger charge is 2.31. The van der Waals surface area contributed by atoms with Crippen LogP contribution in [0, 0.1) is 10.8 Å². The van der Waals surface area contributed by atoms with Gasteiger partial charge >= 0.3 is 0 Å². The minimum absolute atomic E-state index is 0.185. The minimum Gasteiger partial charge on any atom is -0.341 e. The second-order valence-corrected chi connectivity index (χ2v) is 5.18. The van der Waals surface area contributed by atoms with Crippen molar-refractivity contribution in [3.05, 3.63) is 35.9 Å². The molecule has 2 rings (SSSR count). The van der Waals surface area contributed by atoms with E-state index in [1.165, 1.54) is 5.56 Å². The fourth-order valence-corrected chi connectivity index (χ4v) is 2.67. The van der Waals surface area contributed by atoms with Crippen LogP contribution < -0.4 is 5.32 Å². The fourth-order valence-electron chi connectivity index (χ4n) is 2.49. The average molecular weight is 321 g/mol. The molecule has 0 aliphatic carbocycles. The van der Waals surface area contributed by atoms with Gasteiger partial charge in [-0.25, -0.2) is 0 Å². The Bertz CT molecular complexity index is 492. The Balaban J connectivity index is 1.92. The predicted molar refractivity (Wildman–Crippen MR) is 79.6 cm³/mol. The van der Waals surface area contributed by atoms with E-state index in [4.69, 9.17) is 0 Å². The Morgan fingerprint density at radius 2 is 2.21 bits per heavy atom. The van der Waals surface area contributed by atoms with Crippen molar-refractivity contribution in [1.29, 1.82) is 0 Å². The standard InChI is InChI=1S/C15H17BrN2O/c1-12-14(17-15(19)7-9-16)8-10-18(12)11-13-5-3-2-4-6-13/h2-6,12,14H,8,10-11H2,1H3,(H,17,19). The normalized spacial score (nSPS) is 22.6.